The maximum Gasteiger partial charge on any atom is 0.460 e. The van der Waals surface area contributed by atoms with Crippen molar-refractivity contribution in [3.8, 4) is 0 Å². The van der Waals surface area contributed by atoms with E-state index >= 15 is 0 Å². The maximum absolute atomic E-state index is 5.84. The summed E-state index contributed by atoms with van der Waals surface area (Å²) >= 11 is -0.768. The SMILES string of the molecule is CCC(C)[O][Al]([CH2]C)[CH2]C. The van der Waals surface area contributed by atoms with Gasteiger partial charge in [0, 0.05) is 6.10 Å². The molecule has 0 aromatic rings. The number of rotatable bonds is 5. The zero-order valence-corrected chi connectivity index (χ0v) is 8.84. The standard InChI is InChI=1S/C4H9O.2C2H5.Al/c1-3-4(2)5;2*1-2;/h4H,3H2,1-2H3;2*1H2,2H3;/q-1;;;+1. The lowest BCUT2D eigenvalue weighted by Crippen LogP contribution is -2.21. The highest BCUT2D eigenvalue weighted by atomic mass is 27.2. The molecule has 0 rings (SSSR count). The predicted octanol–water partition coefficient (Wildman–Crippen LogP) is 2.83. The lowest BCUT2D eigenvalue weighted by atomic mass is 10.3. The van der Waals surface area contributed by atoms with Crippen LogP contribution >= 0.6 is 0 Å². The fourth-order valence-electron chi connectivity index (χ4n) is 0.906. The Labute approximate surface area is 69.5 Å². The van der Waals surface area contributed by atoms with Gasteiger partial charge in [0.1, 0.15) is 0 Å². The highest BCUT2D eigenvalue weighted by Gasteiger charge is 2.16. The quantitative estimate of drug-likeness (QED) is 0.559. The first kappa shape index (κ1) is 10.5. The van der Waals surface area contributed by atoms with Crippen LogP contribution in [0.15, 0.2) is 0 Å². The summed E-state index contributed by atoms with van der Waals surface area (Å²) in [5, 5.41) is 2.56. The predicted molar refractivity (Wildman–Crippen MR) is 47.6 cm³/mol. The summed E-state index contributed by atoms with van der Waals surface area (Å²) in [5.74, 6) is 0. The molecule has 0 aliphatic rings. The van der Waals surface area contributed by atoms with Crippen molar-refractivity contribution in [1.82, 2.24) is 0 Å². The van der Waals surface area contributed by atoms with Crippen LogP contribution in [0.1, 0.15) is 34.1 Å². The van der Waals surface area contributed by atoms with Crippen molar-refractivity contribution in [3.05, 3.63) is 0 Å². The molecular weight excluding hydrogens is 139 g/mol. The van der Waals surface area contributed by atoms with Gasteiger partial charge in [-0.1, -0.05) is 31.3 Å². The van der Waals surface area contributed by atoms with Crippen LogP contribution < -0.4 is 0 Å². The zero-order valence-electron chi connectivity index (χ0n) is 7.68. The Morgan fingerprint density at radius 1 is 1.20 bits per heavy atom. The van der Waals surface area contributed by atoms with Gasteiger partial charge >= 0.3 is 14.5 Å². The Balaban J connectivity index is 3.41. The van der Waals surface area contributed by atoms with E-state index in [0.29, 0.717) is 6.10 Å². The molecule has 0 amide bonds. The molecule has 1 nitrogen and oxygen atoms in total. The molecule has 0 aliphatic carbocycles. The van der Waals surface area contributed by atoms with Gasteiger partial charge in [0.15, 0.2) is 0 Å². The van der Waals surface area contributed by atoms with E-state index in [1.807, 2.05) is 0 Å². The molecule has 2 heteroatoms. The third-order valence-electron chi connectivity index (χ3n) is 1.91. The van der Waals surface area contributed by atoms with Crippen LogP contribution in [-0.2, 0) is 3.79 Å². The lowest BCUT2D eigenvalue weighted by Gasteiger charge is -2.15. The van der Waals surface area contributed by atoms with Crippen LogP contribution in [0.3, 0.4) is 0 Å². The highest BCUT2D eigenvalue weighted by Crippen LogP contribution is 2.05. The van der Waals surface area contributed by atoms with E-state index in [2.05, 4.69) is 27.7 Å². The molecule has 0 saturated carbocycles. The van der Waals surface area contributed by atoms with E-state index in [0.717, 1.165) is 6.42 Å². The Kier molecular flexibility index (Phi) is 6.52. The smallest absolute Gasteiger partial charge is 0.460 e. The van der Waals surface area contributed by atoms with Crippen molar-refractivity contribution in [1.29, 1.82) is 0 Å². The maximum atomic E-state index is 5.84. The van der Waals surface area contributed by atoms with Gasteiger partial charge in [-0.25, -0.2) is 0 Å². The molecule has 0 saturated heterocycles. The summed E-state index contributed by atoms with van der Waals surface area (Å²) in [6.45, 7) is 8.83. The first-order valence-electron chi connectivity index (χ1n) is 4.39. The third kappa shape index (κ3) is 4.33. The Morgan fingerprint density at radius 2 is 1.70 bits per heavy atom. The van der Waals surface area contributed by atoms with Crippen molar-refractivity contribution in [2.75, 3.05) is 0 Å². The van der Waals surface area contributed by atoms with Crippen molar-refractivity contribution >= 4 is 14.5 Å². The van der Waals surface area contributed by atoms with Crippen molar-refractivity contribution in [2.24, 2.45) is 0 Å². The molecule has 0 aromatic heterocycles. The van der Waals surface area contributed by atoms with Crippen molar-refractivity contribution in [2.45, 2.75) is 50.8 Å². The van der Waals surface area contributed by atoms with Crippen LogP contribution in [-0.4, -0.2) is 20.6 Å². The summed E-state index contributed by atoms with van der Waals surface area (Å²) in [5.41, 5.74) is 0. The van der Waals surface area contributed by atoms with E-state index in [4.69, 9.17) is 3.79 Å². The Morgan fingerprint density at radius 3 is 2.00 bits per heavy atom. The second-order valence-electron chi connectivity index (χ2n) is 2.79. The van der Waals surface area contributed by atoms with Crippen LogP contribution in [0.2, 0.25) is 10.6 Å². The van der Waals surface area contributed by atoms with E-state index in [-0.39, 0.29) is 0 Å². The van der Waals surface area contributed by atoms with Crippen LogP contribution in [0.5, 0.6) is 0 Å². The van der Waals surface area contributed by atoms with Crippen LogP contribution in [0.25, 0.3) is 0 Å². The van der Waals surface area contributed by atoms with Gasteiger partial charge in [-0.2, -0.15) is 0 Å². The lowest BCUT2D eigenvalue weighted by molar-refractivity contribution is 0.216. The molecule has 0 aromatic carbocycles. The van der Waals surface area contributed by atoms with Gasteiger partial charge in [0.05, 0.1) is 0 Å². The largest absolute Gasteiger partial charge is 0.498 e. The normalized spacial score (nSPS) is 13.2. The molecule has 10 heavy (non-hydrogen) atoms. The van der Waals surface area contributed by atoms with E-state index in [9.17, 15) is 0 Å². The third-order valence-corrected chi connectivity index (χ3v) is 4.58. The van der Waals surface area contributed by atoms with E-state index in [1.165, 1.54) is 10.6 Å². The molecule has 0 fully saturated rings. The zero-order chi connectivity index (χ0) is 7.98. The number of hydrogen-bond donors (Lipinski definition) is 0. The fraction of sp³-hybridized carbons (Fsp3) is 1.00. The molecule has 0 heterocycles. The monoisotopic (exact) mass is 158 g/mol. The minimum Gasteiger partial charge on any atom is -0.498 e. The summed E-state index contributed by atoms with van der Waals surface area (Å²) in [6, 6.07) is 0. The van der Waals surface area contributed by atoms with E-state index in [1.54, 1.807) is 0 Å². The molecule has 60 valence electrons. The Hall–Kier alpha value is 0.492. The minimum absolute atomic E-state index is 0.497. The molecule has 0 aliphatic heterocycles. The van der Waals surface area contributed by atoms with Gasteiger partial charge in [-0.15, -0.1) is 0 Å². The minimum atomic E-state index is -0.768. The fourth-order valence-corrected chi connectivity index (χ4v) is 2.72. The summed E-state index contributed by atoms with van der Waals surface area (Å²) < 4.78 is 5.84. The van der Waals surface area contributed by atoms with Gasteiger partial charge in [-0.05, 0) is 13.3 Å². The van der Waals surface area contributed by atoms with Gasteiger partial charge in [0.25, 0.3) is 0 Å². The topological polar surface area (TPSA) is 9.23 Å². The second kappa shape index (κ2) is 6.22. The highest BCUT2D eigenvalue weighted by molar-refractivity contribution is 6.51. The summed E-state index contributed by atoms with van der Waals surface area (Å²) in [7, 11) is 0. The average Bonchev–Trinajstić information content (AvgIpc) is 1.99. The first-order chi connectivity index (χ1) is 4.74. The van der Waals surface area contributed by atoms with Gasteiger partial charge in [0.2, 0.25) is 0 Å². The van der Waals surface area contributed by atoms with E-state index < -0.39 is 14.5 Å². The summed E-state index contributed by atoms with van der Waals surface area (Å²) in [4.78, 5) is 0. The molecule has 0 spiro atoms. The molecule has 1 atom stereocenters. The van der Waals surface area contributed by atoms with Crippen molar-refractivity contribution in [3.63, 3.8) is 0 Å². The first-order valence-corrected chi connectivity index (χ1v) is 6.50. The molecular formula is C8H19AlO. The molecule has 0 bridgehead atoms. The molecule has 0 radical (unpaired) electrons. The second-order valence-corrected chi connectivity index (χ2v) is 5.94. The van der Waals surface area contributed by atoms with Crippen LogP contribution in [0, 0.1) is 0 Å². The Bertz CT molecular complexity index is 71.7. The molecule has 0 N–H and O–H groups in total. The van der Waals surface area contributed by atoms with Gasteiger partial charge < -0.3 is 3.79 Å². The number of hydrogen-bond acceptors (Lipinski definition) is 1. The van der Waals surface area contributed by atoms with Gasteiger partial charge in [-0.3, -0.25) is 0 Å². The molecule has 1 unspecified atom stereocenters. The van der Waals surface area contributed by atoms with Crippen molar-refractivity contribution < 1.29 is 3.79 Å². The summed E-state index contributed by atoms with van der Waals surface area (Å²) in [6.07, 6.45) is 1.65. The van der Waals surface area contributed by atoms with Crippen LogP contribution in [0.4, 0.5) is 0 Å². The average molecular weight is 158 g/mol.